The summed E-state index contributed by atoms with van der Waals surface area (Å²) in [6.45, 7) is 8.16. The third-order valence-electron chi connectivity index (χ3n) is 3.83. The number of nitrogens with two attached hydrogens (primary N) is 1. The van der Waals surface area contributed by atoms with Crippen LogP contribution in [0.5, 0.6) is 0 Å². The Balaban J connectivity index is 0.000000277. The van der Waals surface area contributed by atoms with E-state index in [1.54, 1.807) is 0 Å². The maximum absolute atomic E-state index is 10.2. The first-order chi connectivity index (χ1) is 11.5. The van der Waals surface area contributed by atoms with Gasteiger partial charge in [0.2, 0.25) is 6.41 Å². The summed E-state index contributed by atoms with van der Waals surface area (Å²) in [4.78, 5) is 10.2. The standard InChI is InChI=1S/C11H14N2O2.C7H14N2/c14-8-13-10-3-1-9(2-4-10)11-7-12-5-6-15-11;1-4-7(9)5(2)6(3)8/h1-4,8,11-12H,5-7H2,(H,13,14);9H,4,8H2,1-3H3/b;6-5-,9-7?/t11-;/m1./s1. The fourth-order valence-electron chi connectivity index (χ4n) is 2.14. The highest BCUT2D eigenvalue weighted by atomic mass is 16.5. The Hall–Kier alpha value is -2.18. The number of allylic oxidation sites excluding steroid dienone is 2. The van der Waals surface area contributed by atoms with Gasteiger partial charge in [-0.1, -0.05) is 19.1 Å². The maximum atomic E-state index is 10.2. The first kappa shape index (κ1) is 19.9. The van der Waals surface area contributed by atoms with Gasteiger partial charge >= 0.3 is 0 Å². The molecule has 0 radical (unpaired) electrons. The number of hydrogen-bond donors (Lipinski definition) is 4. The van der Waals surface area contributed by atoms with Gasteiger partial charge in [0.1, 0.15) is 0 Å². The smallest absolute Gasteiger partial charge is 0.211 e. The first-order valence-electron chi connectivity index (χ1n) is 8.12. The van der Waals surface area contributed by atoms with Crippen LogP contribution in [0.1, 0.15) is 38.9 Å². The van der Waals surface area contributed by atoms with Gasteiger partial charge in [-0.05, 0) is 43.5 Å². The summed E-state index contributed by atoms with van der Waals surface area (Å²) in [6, 6.07) is 7.70. The quantitative estimate of drug-likeness (QED) is 0.492. The molecule has 1 amide bonds. The van der Waals surface area contributed by atoms with Gasteiger partial charge in [-0.25, -0.2) is 0 Å². The van der Waals surface area contributed by atoms with E-state index in [0.29, 0.717) is 12.1 Å². The summed E-state index contributed by atoms with van der Waals surface area (Å²) in [5.41, 5.74) is 9.69. The Bertz CT molecular complexity index is 557. The van der Waals surface area contributed by atoms with Crippen molar-refractivity contribution in [2.45, 2.75) is 33.3 Å². The highest BCUT2D eigenvalue weighted by Gasteiger charge is 2.14. The lowest BCUT2D eigenvalue weighted by molar-refractivity contribution is -0.105. The van der Waals surface area contributed by atoms with Gasteiger partial charge < -0.3 is 26.5 Å². The van der Waals surface area contributed by atoms with Crippen LogP contribution >= 0.6 is 0 Å². The lowest BCUT2D eigenvalue weighted by atomic mass is 10.1. The molecule has 1 atom stereocenters. The van der Waals surface area contributed by atoms with Crippen molar-refractivity contribution in [3.63, 3.8) is 0 Å². The Kier molecular flexibility index (Phi) is 8.75. The number of ether oxygens (including phenoxy) is 1. The van der Waals surface area contributed by atoms with Gasteiger partial charge in [0, 0.05) is 30.2 Å². The summed E-state index contributed by atoms with van der Waals surface area (Å²) in [5.74, 6) is 0. The summed E-state index contributed by atoms with van der Waals surface area (Å²) >= 11 is 0. The van der Waals surface area contributed by atoms with Crippen molar-refractivity contribution >= 4 is 17.8 Å². The molecular weight excluding hydrogens is 304 g/mol. The number of rotatable bonds is 5. The molecule has 0 bridgehead atoms. The topological polar surface area (TPSA) is 100 Å². The second-order valence-corrected chi connectivity index (χ2v) is 5.59. The van der Waals surface area contributed by atoms with Crippen LogP contribution in [0, 0.1) is 5.41 Å². The van der Waals surface area contributed by atoms with E-state index in [4.69, 9.17) is 15.9 Å². The summed E-state index contributed by atoms with van der Waals surface area (Å²) in [5, 5.41) is 13.2. The summed E-state index contributed by atoms with van der Waals surface area (Å²) in [7, 11) is 0. The largest absolute Gasteiger partial charge is 0.402 e. The van der Waals surface area contributed by atoms with Crippen molar-refractivity contribution in [1.29, 1.82) is 5.41 Å². The van der Waals surface area contributed by atoms with Crippen molar-refractivity contribution < 1.29 is 9.53 Å². The van der Waals surface area contributed by atoms with Crippen LogP contribution in [0.25, 0.3) is 0 Å². The Morgan fingerprint density at radius 2 is 2.08 bits per heavy atom. The summed E-state index contributed by atoms with van der Waals surface area (Å²) < 4.78 is 5.61. The zero-order valence-corrected chi connectivity index (χ0v) is 14.7. The van der Waals surface area contributed by atoms with Gasteiger partial charge in [-0.15, -0.1) is 0 Å². The van der Waals surface area contributed by atoms with Gasteiger partial charge in [0.15, 0.2) is 0 Å². The van der Waals surface area contributed by atoms with Crippen molar-refractivity contribution in [2.24, 2.45) is 5.73 Å². The van der Waals surface area contributed by atoms with Crippen molar-refractivity contribution in [3.8, 4) is 0 Å². The van der Waals surface area contributed by atoms with Crippen LogP contribution in [0.15, 0.2) is 35.5 Å². The molecule has 6 heteroatoms. The molecule has 0 saturated carbocycles. The second-order valence-electron chi connectivity index (χ2n) is 5.59. The van der Waals surface area contributed by atoms with Crippen LogP contribution in [0.4, 0.5) is 5.69 Å². The van der Waals surface area contributed by atoms with Crippen molar-refractivity contribution in [1.82, 2.24) is 5.32 Å². The number of morpholine rings is 1. The van der Waals surface area contributed by atoms with Crippen LogP contribution in [-0.2, 0) is 9.53 Å². The minimum Gasteiger partial charge on any atom is -0.402 e. The van der Waals surface area contributed by atoms with Crippen LogP contribution in [0.2, 0.25) is 0 Å². The monoisotopic (exact) mass is 332 g/mol. The van der Waals surface area contributed by atoms with E-state index in [1.807, 2.05) is 45.0 Å². The molecule has 1 heterocycles. The number of carbonyl (C=O) groups is 1. The number of anilines is 1. The molecule has 0 aliphatic carbocycles. The van der Waals surface area contributed by atoms with E-state index in [0.717, 1.165) is 48.6 Å². The molecule has 0 aromatic heterocycles. The minimum absolute atomic E-state index is 0.129. The molecule has 1 aliphatic heterocycles. The summed E-state index contributed by atoms with van der Waals surface area (Å²) in [6.07, 6.45) is 1.57. The molecule has 6 nitrogen and oxygen atoms in total. The molecule has 1 fully saturated rings. The molecule has 1 aromatic carbocycles. The predicted molar refractivity (Wildman–Crippen MR) is 98.3 cm³/mol. The molecular formula is C18H28N4O2. The fourth-order valence-corrected chi connectivity index (χ4v) is 2.14. The molecule has 0 unspecified atom stereocenters. The Morgan fingerprint density at radius 3 is 2.50 bits per heavy atom. The molecule has 0 spiro atoms. The van der Waals surface area contributed by atoms with E-state index >= 15 is 0 Å². The lowest BCUT2D eigenvalue weighted by Crippen LogP contribution is -2.33. The fraction of sp³-hybridized carbons (Fsp3) is 0.444. The number of hydrogen-bond acceptors (Lipinski definition) is 5. The molecule has 132 valence electrons. The Morgan fingerprint density at radius 1 is 1.42 bits per heavy atom. The highest BCUT2D eigenvalue weighted by molar-refractivity contribution is 5.97. The zero-order chi connectivity index (χ0) is 17.9. The number of benzene rings is 1. The molecule has 1 aliphatic rings. The van der Waals surface area contributed by atoms with Crippen LogP contribution in [0.3, 0.4) is 0 Å². The minimum atomic E-state index is 0.129. The Labute approximate surface area is 144 Å². The van der Waals surface area contributed by atoms with Crippen molar-refractivity contribution in [2.75, 3.05) is 25.0 Å². The van der Waals surface area contributed by atoms with E-state index in [1.165, 1.54) is 0 Å². The maximum Gasteiger partial charge on any atom is 0.211 e. The average molecular weight is 332 g/mol. The highest BCUT2D eigenvalue weighted by Crippen LogP contribution is 2.20. The normalized spacial score (nSPS) is 17.9. The van der Waals surface area contributed by atoms with Gasteiger partial charge in [0.25, 0.3) is 0 Å². The van der Waals surface area contributed by atoms with Crippen LogP contribution in [-0.4, -0.2) is 31.8 Å². The van der Waals surface area contributed by atoms with E-state index < -0.39 is 0 Å². The number of nitrogens with one attached hydrogen (secondary N) is 3. The van der Waals surface area contributed by atoms with E-state index in [2.05, 4.69) is 10.6 Å². The molecule has 24 heavy (non-hydrogen) atoms. The van der Waals surface area contributed by atoms with Gasteiger partial charge in [-0.2, -0.15) is 0 Å². The van der Waals surface area contributed by atoms with E-state index in [9.17, 15) is 4.79 Å². The second kappa shape index (κ2) is 10.6. The third-order valence-corrected chi connectivity index (χ3v) is 3.83. The first-order valence-corrected chi connectivity index (χ1v) is 8.12. The average Bonchev–Trinajstić information content (AvgIpc) is 2.62. The van der Waals surface area contributed by atoms with Crippen LogP contribution < -0.4 is 16.4 Å². The molecule has 1 aromatic rings. The number of carbonyl (C=O) groups excluding carboxylic acids is 1. The molecule has 1 saturated heterocycles. The predicted octanol–water partition coefficient (Wildman–Crippen LogP) is 2.58. The molecule has 2 rings (SSSR count). The SMILES string of the molecule is CCC(=N)/C(C)=C(/C)N.O=CNc1ccc([C@H]2CNCCO2)cc1. The third kappa shape index (κ3) is 6.52. The van der Waals surface area contributed by atoms with Gasteiger partial charge in [-0.3, -0.25) is 4.79 Å². The molecule has 5 N–H and O–H groups in total. The zero-order valence-electron chi connectivity index (χ0n) is 14.7. The number of amides is 1. The van der Waals surface area contributed by atoms with Crippen molar-refractivity contribution in [3.05, 3.63) is 41.1 Å². The lowest BCUT2D eigenvalue weighted by Gasteiger charge is -2.24. The van der Waals surface area contributed by atoms with E-state index in [-0.39, 0.29) is 6.10 Å². The van der Waals surface area contributed by atoms with Gasteiger partial charge in [0.05, 0.1) is 12.7 Å².